The molecule has 2 N–H and O–H groups in total. The van der Waals surface area contributed by atoms with E-state index in [-0.39, 0.29) is 21.5 Å². The van der Waals surface area contributed by atoms with Crippen molar-refractivity contribution < 1.29 is 13.5 Å². The van der Waals surface area contributed by atoms with Crippen LogP contribution in [0, 0.1) is 0 Å². The first-order chi connectivity index (χ1) is 11.2. The zero-order chi connectivity index (χ0) is 17.9. The lowest BCUT2D eigenvalue weighted by Crippen LogP contribution is -2.49. The smallest absolute Gasteiger partial charge is 0.242 e. The summed E-state index contributed by atoms with van der Waals surface area (Å²) in [5.41, 5.74) is 0. The predicted octanol–water partition coefficient (Wildman–Crippen LogP) is 2.90. The van der Waals surface area contributed by atoms with Crippen LogP contribution in [0.25, 0.3) is 0 Å². The third kappa shape index (κ3) is 4.84. The molecule has 8 heteroatoms. The van der Waals surface area contributed by atoms with E-state index in [2.05, 4.69) is 23.5 Å². The Hall–Kier alpha value is -0.370. The second-order valence-corrected chi connectivity index (χ2v) is 8.90. The molecule has 136 valence electrons. The van der Waals surface area contributed by atoms with E-state index in [1.165, 1.54) is 24.6 Å². The number of piperidine rings is 1. The highest BCUT2D eigenvalue weighted by molar-refractivity contribution is 7.89. The van der Waals surface area contributed by atoms with E-state index >= 15 is 0 Å². The molecule has 1 aromatic carbocycles. The molecule has 1 saturated heterocycles. The molecule has 0 amide bonds. The summed E-state index contributed by atoms with van der Waals surface area (Å²) in [7, 11) is -3.82. The average Bonchev–Trinajstić information content (AvgIpc) is 2.52. The maximum atomic E-state index is 12.4. The predicted molar refractivity (Wildman–Crippen MR) is 97.1 cm³/mol. The van der Waals surface area contributed by atoms with Gasteiger partial charge in [-0.1, -0.05) is 35.7 Å². The Morgan fingerprint density at radius 1 is 1.29 bits per heavy atom. The molecule has 0 aliphatic carbocycles. The Morgan fingerprint density at radius 2 is 1.92 bits per heavy atom. The second kappa shape index (κ2) is 8.34. The Balaban J connectivity index is 1.97. The molecule has 1 aromatic rings. The molecule has 0 aromatic heterocycles. The molecule has 3 atom stereocenters. The average molecular weight is 395 g/mol. The Labute approximate surface area is 154 Å². The minimum atomic E-state index is -3.82. The summed E-state index contributed by atoms with van der Waals surface area (Å²) in [6.45, 7) is 4.64. The van der Waals surface area contributed by atoms with Crippen molar-refractivity contribution in [3.63, 3.8) is 0 Å². The van der Waals surface area contributed by atoms with E-state index in [0.29, 0.717) is 18.6 Å². The molecule has 5 nitrogen and oxygen atoms in total. The number of aliphatic hydroxyl groups is 1. The molecule has 24 heavy (non-hydrogen) atoms. The first kappa shape index (κ1) is 19.9. The van der Waals surface area contributed by atoms with Gasteiger partial charge in [-0.05, 0) is 38.8 Å². The van der Waals surface area contributed by atoms with Crippen LogP contribution in [0.2, 0.25) is 10.0 Å². The summed E-state index contributed by atoms with van der Waals surface area (Å²) in [5, 5.41) is 10.4. The van der Waals surface area contributed by atoms with Gasteiger partial charge in [0.05, 0.1) is 16.1 Å². The molecular weight excluding hydrogens is 371 g/mol. The van der Waals surface area contributed by atoms with Crippen molar-refractivity contribution >= 4 is 33.2 Å². The van der Waals surface area contributed by atoms with E-state index < -0.39 is 16.1 Å². The van der Waals surface area contributed by atoms with Crippen LogP contribution < -0.4 is 4.72 Å². The Morgan fingerprint density at radius 3 is 2.54 bits per heavy atom. The largest absolute Gasteiger partial charge is 0.390 e. The molecule has 1 fully saturated rings. The van der Waals surface area contributed by atoms with E-state index in [1.807, 2.05) is 0 Å². The fourth-order valence-electron chi connectivity index (χ4n) is 3.12. The van der Waals surface area contributed by atoms with E-state index in [9.17, 15) is 13.5 Å². The van der Waals surface area contributed by atoms with Crippen molar-refractivity contribution in [1.29, 1.82) is 0 Å². The number of rotatable bonds is 6. The van der Waals surface area contributed by atoms with Gasteiger partial charge in [-0.2, -0.15) is 0 Å². The molecule has 0 bridgehead atoms. The van der Waals surface area contributed by atoms with Crippen LogP contribution in [0.15, 0.2) is 23.1 Å². The Kier molecular flexibility index (Phi) is 6.93. The van der Waals surface area contributed by atoms with Crippen molar-refractivity contribution in [1.82, 2.24) is 9.62 Å². The molecule has 2 rings (SSSR count). The van der Waals surface area contributed by atoms with Gasteiger partial charge in [0, 0.05) is 25.2 Å². The lowest BCUT2D eigenvalue weighted by Gasteiger charge is -2.40. The van der Waals surface area contributed by atoms with Gasteiger partial charge < -0.3 is 5.11 Å². The van der Waals surface area contributed by atoms with Gasteiger partial charge in [0.1, 0.15) is 4.90 Å². The van der Waals surface area contributed by atoms with Crippen LogP contribution in [-0.2, 0) is 10.0 Å². The quantitative estimate of drug-likeness (QED) is 0.777. The van der Waals surface area contributed by atoms with Gasteiger partial charge in [0.2, 0.25) is 10.0 Å². The number of β-amino-alcohol motifs (C(OH)–C–C–N with tert-alkyl or cyclic N) is 1. The number of hydrogen-bond acceptors (Lipinski definition) is 4. The van der Waals surface area contributed by atoms with E-state index in [0.717, 1.165) is 12.8 Å². The summed E-state index contributed by atoms with van der Waals surface area (Å²) >= 11 is 11.8. The summed E-state index contributed by atoms with van der Waals surface area (Å²) in [4.78, 5) is 2.15. The van der Waals surface area contributed by atoms with Gasteiger partial charge >= 0.3 is 0 Å². The zero-order valence-corrected chi connectivity index (χ0v) is 16.2. The molecule has 1 aliphatic rings. The SMILES string of the molecule is C[C@@H]1CCC[C@H](C)N1CC(O)CNS(=O)(=O)c1cccc(Cl)c1Cl. The van der Waals surface area contributed by atoms with Crippen molar-refractivity contribution in [2.75, 3.05) is 13.1 Å². The second-order valence-electron chi connectivity index (χ2n) is 6.38. The fraction of sp³-hybridized carbons (Fsp3) is 0.625. The van der Waals surface area contributed by atoms with E-state index in [1.54, 1.807) is 0 Å². The summed E-state index contributed by atoms with van der Waals surface area (Å²) < 4.78 is 27.1. The van der Waals surface area contributed by atoms with Crippen molar-refractivity contribution in [3.8, 4) is 0 Å². The molecular formula is C16H24Cl2N2O3S. The number of aliphatic hydroxyl groups excluding tert-OH is 1. The van der Waals surface area contributed by atoms with Crippen LogP contribution >= 0.6 is 23.2 Å². The van der Waals surface area contributed by atoms with Crippen molar-refractivity contribution in [2.24, 2.45) is 0 Å². The molecule has 1 aliphatic heterocycles. The van der Waals surface area contributed by atoms with Crippen LogP contribution in [-0.4, -0.2) is 49.7 Å². The van der Waals surface area contributed by atoms with Crippen LogP contribution in [0.3, 0.4) is 0 Å². The molecule has 0 saturated carbocycles. The first-order valence-electron chi connectivity index (χ1n) is 8.10. The van der Waals surface area contributed by atoms with Gasteiger partial charge in [-0.15, -0.1) is 0 Å². The number of benzene rings is 1. The normalized spacial score (nSPS) is 24.0. The topological polar surface area (TPSA) is 69.6 Å². The van der Waals surface area contributed by atoms with Crippen molar-refractivity contribution in [2.45, 2.75) is 56.2 Å². The third-order valence-corrected chi connectivity index (χ3v) is 6.91. The number of likely N-dealkylation sites (tertiary alicyclic amines) is 1. The zero-order valence-electron chi connectivity index (χ0n) is 13.9. The maximum Gasteiger partial charge on any atom is 0.242 e. The van der Waals surface area contributed by atoms with Gasteiger partial charge in [-0.25, -0.2) is 13.1 Å². The third-order valence-electron chi connectivity index (χ3n) is 4.51. The molecule has 0 radical (unpaired) electrons. The van der Waals surface area contributed by atoms with Gasteiger partial charge in [-0.3, -0.25) is 4.90 Å². The highest BCUT2D eigenvalue weighted by Gasteiger charge is 2.27. The number of sulfonamides is 1. The summed E-state index contributed by atoms with van der Waals surface area (Å²) in [6, 6.07) is 5.22. The fourth-order valence-corrected chi connectivity index (χ4v) is 4.95. The molecule has 0 spiro atoms. The summed E-state index contributed by atoms with van der Waals surface area (Å²) in [5.74, 6) is 0. The van der Waals surface area contributed by atoms with Gasteiger partial charge in [0.25, 0.3) is 0 Å². The van der Waals surface area contributed by atoms with Gasteiger partial charge in [0.15, 0.2) is 0 Å². The highest BCUT2D eigenvalue weighted by Crippen LogP contribution is 2.28. The summed E-state index contributed by atoms with van der Waals surface area (Å²) in [6.07, 6.45) is 2.59. The number of hydrogen-bond donors (Lipinski definition) is 2. The Bertz CT molecular complexity index is 659. The van der Waals surface area contributed by atoms with E-state index in [4.69, 9.17) is 23.2 Å². The van der Waals surface area contributed by atoms with Crippen LogP contribution in [0.5, 0.6) is 0 Å². The molecule has 1 heterocycles. The first-order valence-corrected chi connectivity index (χ1v) is 10.3. The standard InChI is InChI=1S/C16H24Cl2N2O3S/c1-11-5-3-6-12(2)20(11)10-13(21)9-19-24(22,23)15-8-4-7-14(17)16(15)18/h4,7-8,11-13,19,21H,3,5-6,9-10H2,1-2H3/t11-,12+,13?. The minimum Gasteiger partial charge on any atom is -0.390 e. The van der Waals surface area contributed by atoms with Crippen LogP contribution in [0.4, 0.5) is 0 Å². The number of halogens is 2. The highest BCUT2D eigenvalue weighted by atomic mass is 35.5. The van der Waals surface area contributed by atoms with Crippen LogP contribution in [0.1, 0.15) is 33.1 Å². The maximum absolute atomic E-state index is 12.4. The van der Waals surface area contributed by atoms with Crippen molar-refractivity contribution in [3.05, 3.63) is 28.2 Å². The molecule has 1 unspecified atom stereocenters. The lowest BCUT2D eigenvalue weighted by molar-refractivity contribution is 0.0438. The number of nitrogens with one attached hydrogen (secondary N) is 1. The monoisotopic (exact) mass is 394 g/mol. The lowest BCUT2D eigenvalue weighted by atomic mass is 9.97. The minimum absolute atomic E-state index is 0.0144. The number of nitrogens with zero attached hydrogens (tertiary/aromatic N) is 1.